The second-order valence-corrected chi connectivity index (χ2v) is 5.53. The van der Waals surface area contributed by atoms with Crippen LogP contribution in [0.5, 0.6) is 0 Å². The van der Waals surface area contributed by atoms with Gasteiger partial charge in [0.05, 0.1) is 0 Å². The summed E-state index contributed by atoms with van der Waals surface area (Å²) in [6, 6.07) is 0.390. The molecule has 0 bridgehead atoms. The van der Waals surface area contributed by atoms with Crippen LogP contribution in [0, 0.1) is 5.92 Å². The zero-order valence-electron chi connectivity index (χ0n) is 11.5. The van der Waals surface area contributed by atoms with E-state index in [1.807, 2.05) is 11.9 Å². The zero-order chi connectivity index (χ0) is 13.5. The summed E-state index contributed by atoms with van der Waals surface area (Å²) >= 11 is 0. The van der Waals surface area contributed by atoms with E-state index in [9.17, 15) is 9.59 Å². The Hall–Kier alpha value is -1.06. The predicted octanol–water partition coefficient (Wildman–Crippen LogP) is 2.67. The van der Waals surface area contributed by atoms with Crippen molar-refractivity contribution < 1.29 is 14.7 Å². The average molecular weight is 255 g/mol. The van der Waals surface area contributed by atoms with Gasteiger partial charge in [-0.1, -0.05) is 19.8 Å². The van der Waals surface area contributed by atoms with Crippen LogP contribution in [-0.4, -0.2) is 35.0 Å². The lowest BCUT2D eigenvalue weighted by Gasteiger charge is -2.34. The summed E-state index contributed by atoms with van der Waals surface area (Å²) < 4.78 is 0. The van der Waals surface area contributed by atoms with Gasteiger partial charge in [-0.15, -0.1) is 0 Å². The normalized spacial score (nSPS) is 23.7. The lowest BCUT2D eigenvalue weighted by Crippen LogP contribution is -2.39. The van der Waals surface area contributed by atoms with Crippen LogP contribution in [0.4, 0.5) is 0 Å². The van der Waals surface area contributed by atoms with Gasteiger partial charge in [0.15, 0.2) is 0 Å². The van der Waals surface area contributed by atoms with Gasteiger partial charge in [0.1, 0.15) is 0 Å². The minimum atomic E-state index is -0.781. The molecule has 104 valence electrons. The molecule has 2 atom stereocenters. The minimum Gasteiger partial charge on any atom is -0.481 e. The molecule has 0 aromatic heterocycles. The molecule has 0 spiro atoms. The lowest BCUT2D eigenvalue weighted by atomic mass is 9.86. The van der Waals surface area contributed by atoms with Crippen molar-refractivity contribution in [1.82, 2.24) is 4.90 Å². The van der Waals surface area contributed by atoms with Crippen molar-refractivity contribution in [2.45, 2.75) is 64.3 Å². The Balaban J connectivity index is 2.25. The Labute approximate surface area is 109 Å². The standard InChI is InChI=1S/C14H25NO3/c1-11-6-5-7-12(10-11)15(2)13(16)8-3-4-9-14(17)18/h11-12H,3-10H2,1-2H3,(H,17,18). The third kappa shape index (κ3) is 5.07. The Kier molecular flexibility index (Phi) is 6.16. The molecule has 0 aromatic carbocycles. The quantitative estimate of drug-likeness (QED) is 0.742. The average Bonchev–Trinajstić information content (AvgIpc) is 2.33. The van der Waals surface area contributed by atoms with E-state index >= 15 is 0 Å². The molecule has 1 N–H and O–H groups in total. The van der Waals surface area contributed by atoms with Crippen molar-refractivity contribution in [3.63, 3.8) is 0 Å². The summed E-state index contributed by atoms with van der Waals surface area (Å²) in [5.41, 5.74) is 0. The van der Waals surface area contributed by atoms with Crippen LogP contribution in [0.15, 0.2) is 0 Å². The van der Waals surface area contributed by atoms with Gasteiger partial charge in [-0.2, -0.15) is 0 Å². The highest BCUT2D eigenvalue weighted by atomic mass is 16.4. The molecule has 1 amide bonds. The summed E-state index contributed by atoms with van der Waals surface area (Å²) in [6.07, 6.45) is 6.62. The van der Waals surface area contributed by atoms with Crippen LogP contribution < -0.4 is 0 Å². The number of carbonyl (C=O) groups excluding carboxylic acids is 1. The molecule has 0 radical (unpaired) electrons. The molecular formula is C14H25NO3. The Morgan fingerprint density at radius 1 is 1.22 bits per heavy atom. The van der Waals surface area contributed by atoms with Crippen molar-refractivity contribution in [3.05, 3.63) is 0 Å². The molecule has 1 rings (SSSR count). The second-order valence-electron chi connectivity index (χ2n) is 5.53. The zero-order valence-corrected chi connectivity index (χ0v) is 11.5. The van der Waals surface area contributed by atoms with Crippen molar-refractivity contribution in [3.8, 4) is 0 Å². The summed E-state index contributed by atoms with van der Waals surface area (Å²) in [7, 11) is 1.89. The highest BCUT2D eigenvalue weighted by Gasteiger charge is 2.24. The van der Waals surface area contributed by atoms with Gasteiger partial charge in [0.25, 0.3) is 0 Å². The molecule has 1 aliphatic carbocycles. The van der Waals surface area contributed by atoms with E-state index in [-0.39, 0.29) is 12.3 Å². The van der Waals surface area contributed by atoms with E-state index < -0.39 is 5.97 Å². The fraction of sp³-hybridized carbons (Fsp3) is 0.857. The predicted molar refractivity (Wildman–Crippen MR) is 70.3 cm³/mol. The van der Waals surface area contributed by atoms with Crippen molar-refractivity contribution in [2.75, 3.05) is 7.05 Å². The van der Waals surface area contributed by atoms with Crippen LogP contribution in [0.2, 0.25) is 0 Å². The number of carbonyl (C=O) groups is 2. The summed E-state index contributed by atoms with van der Waals surface area (Å²) in [5, 5.41) is 8.53. The third-order valence-corrected chi connectivity index (χ3v) is 3.88. The van der Waals surface area contributed by atoms with E-state index in [1.54, 1.807) is 0 Å². The van der Waals surface area contributed by atoms with Gasteiger partial charge in [-0.3, -0.25) is 9.59 Å². The maximum Gasteiger partial charge on any atom is 0.303 e. The van der Waals surface area contributed by atoms with Crippen LogP contribution in [0.3, 0.4) is 0 Å². The highest BCUT2D eigenvalue weighted by Crippen LogP contribution is 2.27. The van der Waals surface area contributed by atoms with Crippen LogP contribution in [0.1, 0.15) is 58.3 Å². The number of carboxylic acid groups (broad SMARTS) is 1. The van der Waals surface area contributed by atoms with Crippen LogP contribution >= 0.6 is 0 Å². The monoisotopic (exact) mass is 255 g/mol. The Morgan fingerprint density at radius 3 is 2.50 bits per heavy atom. The first-order valence-corrected chi connectivity index (χ1v) is 6.98. The molecule has 2 unspecified atom stereocenters. The topological polar surface area (TPSA) is 57.6 Å². The molecule has 4 heteroatoms. The molecule has 0 aliphatic heterocycles. The van der Waals surface area contributed by atoms with E-state index in [2.05, 4.69) is 6.92 Å². The van der Waals surface area contributed by atoms with Gasteiger partial charge in [0.2, 0.25) is 5.91 Å². The maximum absolute atomic E-state index is 12.0. The largest absolute Gasteiger partial charge is 0.481 e. The first-order chi connectivity index (χ1) is 8.50. The number of nitrogens with zero attached hydrogens (tertiary/aromatic N) is 1. The van der Waals surface area contributed by atoms with Crippen molar-refractivity contribution in [2.24, 2.45) is 5.92 Å². The number of hydrogen-bond acceptors (Lipinski definition) is 2. The first-order valence-electron chi connectivity index (χ1n) is 6.98. The Bertz CT molecular complexity index is 291. The number of unbranched alkanes of at least 4 members (excludes halogenated alkanes) is 1. The second kappa shape index (κ2) is 7.39. The molecule has 0 aromatic rings. The van der Waals surface area contributed by atoms with Crippen molar-refractivity contribution >= 4 is 11.9 Å². The maximum atomic E-state index is 12.0. The van der Waals surface area contributed by atoms with Gasteiger partial charge in [-0.25, -0.2) is 0 Å². The van der Waals surface area contributed by atoms with E-state index in [0.717, 1.165) is 12.8 Å². The molecule has 1 aliphatic rings. The number of carboxylic acids is 1. The van der Waals surface area contributed by atoms with Crippen molar-refractivity contribution in [1.29, 1.82) is 0 Å². The summed E-state index contributed by atoms with van der Waals surface area (Å²) in [5.74, 6) is 0.0995. The molecule has 0 saturated heterocycles. The fourth-order valence-electron chi connectivity index (χ4n) is 2.69. The molecule has 1 saturated carbocycles. The number of aliphatic carboxylic acids is 1. The molecule has 1 fully saturated rings. The summed E-state index contributed by atoms with van der Waals surface area (Å²) in [6.45, 7) is 2.25. The van der Waals surface area contributed by atoms with E-state index in [1.165, 1.54) is 12.8 Å². The van der Waals surface area contributed by atoms with Gasteiger partial charge >= 0.3 is 5.97 Å². The molecule has 0 heterocycles. The van der Waals surface area contributed by atoms with E-state index in [4.69, 9.17) is 5.11 Å². The fourth-order valence-corrected chi connectivity index (χ4v) is 2.69. The first kappa shape index (κ1) is 15.0. The number of rotatable bonds is 6. The SMILES string of the molecule is CC1CCCC(N(C)C(=O)CCCCC(=O)O)C1. The Morgan fingerprint density at radius 2 is 1.89 bits per heavy atom. The molecule has 4 nitrogen and oxygen atoms in total. The van der Waals surface area contributed by atoms with Crippen LogP contribution in [0.25, 0.3) is 0 Å². The molecule has 18 heavy (non-hydrogen) atoms. The number of amides is 1. The number of hydrogen-bond donors (Lipinski definition) is 1. The summed E-state index contributed by atoms with van der Waals surface area (Å²) in [4.78, 5) is 24.2. The highest BCUT2D eigenvalue weighted by molar-refractivity contribution is 5.76. The molecular weight excluding hydrogens is 230 g/mol. The van der Waals surface area contributed by atoms with Gasteiger partial charge in [-0.05, 0) is 31.6 Å². The minimum absolute atomic E-state index is 0.164. The van der Waals surface area contributed by atoms with Crippen LogP contribution in [-0.2, 0) is 9.59 Å². The van der Waals surface area contributed by atoms with Gasteiger partial charge in [0, 0.05) is 25.9 Å². The lowest BCUT2D eigenvalue weighted by molar-refractivity contribution is -0.138. The van der Waals surface area contributed by atoms with Gasteiger partial charge < -0.3 is 10.0 Å². The third-order valence-electron chi connectivity index (χ3n) is 3.88. The van der Waals surface area contributed by atoms with E-state index in [0.29, 0.717) is 31.2 Å². The smallest absolute Gasteiger partial charge is 0.303 e.